The number of likely N-dealkylation sites (tertiary alicyclic amines) is 3. The Balaban J connectivity index is 1.93. The van der Waals surface area contributed by atoms with Crippen molar-refractivity contribution in [2.45, 2.75) is 245 Å². The standard InChI is InChI=1S/C52H89N3O7/c1-33(41(57)60-35-27-46(8,9)53(20)47(10,11)28-35)25-52(42(58)61-36-29-48(12,13)54(21)49(14,15)30-36,43(59)62-37-31-50(16,17)55(22)51(18,19)32-37)26-34-23-38(44(2,3)4)40(56)39(24-34)45(5,6)7/h23-24,33,35-37,56H,25-32H2,1-22H3. The number of rotatable bonds is 10. The topological polar surface area (TPSA) is 109 Å². The quantitative estimate of drug-likeness (QED) is 0.139. The number of hydrogen-bond acceptors (Lipinski definition) is 10. The third-order valence-corrected chi connectivity index (χ3v) is 15.8. The molecule has 1 aromatic carbocycles. The molecule has 3 heterocycles. The molecule has 10 nitrogen and oxygen atoms in total. The van der Waals surface area contributed by atoms with Crippen LogP contribution < -0.4 is 0 Å². The van der Waals surface area contributed by atoms with Gasteiger partial charge in [0.15, 0.2) is 5.41 Å². The second-order valence-electron chi connectivity index (χ2n) is 25.8. The lowest BCUT2D eigenvalue weighted by Crippen LogP contribution is -2.61. The van der Waals surface area contributed by atoms with Gasteiger partial charge in [0.25, 0.3) is 0 Å². The predicted molar refractivity (Wildman–Crippen MR) is 251 cm³/mol. The highest BCUT2D eigenvalue weighted by Crippen LogP contribution is 2.47. The number of nitrogens with zero attached hydrogens (tertiary/aromatic N) is 3. The molecule has 3 aliphatic rings. The molecule has 0 amide bonds. The summed E-state index contributed by atoms with van der Waals surface area (Å²) in [5.74, 6) is -2.47. The van der Waals surface area contributed by atoms with Gasteiger partial charge in [0.05, 0.1) is 5.92 Å². The highest BCUT2D eigenvalue weighted by atomic mass is 16.6. The van der Waals surface area contributed by atoms with Crippen LogP contribution in [0.25, 0.3) is 0 Å². The molecule has 4 rings (SSSR count). The van der Waals surface area contributed by atoms with Gasteiger partial charge < -0.3 is 19.3 Å². The van der Waals surface area contributed by atoms with E-state index >= 15 is 9.59 Å². The molecule has 1 N–H and O–H groups in total. The van der Waals surface area contributed by atoms with E-state index in [1.807, 2.05) is 53.7 Å². The van der Waals surface area contributed by atoms with Crippen molar-refractivity contribution in [2.24, 2.45) is 11.3 Å². The fraction of sp³-hybridized carbons (Fsp3) is 0.827. The van der Waals surface area contributed by atoms with Crippen molar-refractivity contribution in [1.29, 1.82) is 0 Å². The van der Waals surface area contributed by atoms with E-state index in [1.54, 1.807) is 6.92 Å². The van der Waals surface area contributed by atoms with E-state index in [0.717, 1.165) is 0 Å². The zero-order valence-corrected chi connectivity index (χ0v) is 43.4. The van der Waals surface area contributed by atoms with E-state index in [0.29, 0.717) is 55.2 Å². The summed E-state index contributed by atoms with van der Waals surface area (Å²) in [4.78, 5) is 52.9. The summed E-state index contributed by atoms with van der Waals surface area (Å²) < 4.78 is 19.8. The van der Waals surface area contributed by atoms with E-state index in [-0.39, 0.29) is 57.9 Å². The SMILES string of the molecule is CC(CC(Cc1cc(C(C)(C)C)c(O)c(C(C)(C)C)c1)(C(=O)OC1CC(C)(C)N(C)C(C)(C)C1)C(=O)OC1CC(C)(C)N(C)C(C)(C)C1)C(=O)OC1CC(C)(C)N(C)C(C)(C)C1. The molecule has 0 spiro atoms. The van der Waals surface area contributed by atoms with Crippen molar-refractivity contribution in [3.63, 3.8) is 0 Å². The molecule has 0 aliphatic carbocycles. The maximum atomic E-state index is 15.7. The van der Waals surface area contributed by atoms with E-state index < -0.39 is 52.3 Å². The first-order valence-corrected chi connectivity index (χ1v) is 23.4. The highest BCUT2D eigenvalue weighted by molar-refractivity contribution is 6.01. The van der Waals surface area contributed by atoms with Gasteiger partial charge in [-0.05, 0) is 145 Å². The van der Waals surface area contributed by atoms with Crippen molar-refractivity contribution < 1.29 is 33.7 Å². The molecule has 0 saturated carbocycles. The normalized spacial score (nSPS) is 24.3. The first-order chi connectivity index (χ1) is 27.7. The fourth-order valence-corrected chi connectivity index (χ4v) is 11.3. The average Bonchev–Trinajstić information content (AvgIpc) is 3.06. The molecule has 3 saturated heterocycles. The Kier molecular flexibility index (Phi) is 14.2. The largest absolute Gasteiger partial charge is 0.507 e. The Morgan fingerprint density at radius 1 is 0.581 bits per heavy atom. The molecular weight excluding hydrogens is 779 g/mol. The van der Waals surface area contributed by atoms with Crippen LogP contribution in [0.15, 0.2) is 12.1 Å². The number of carbonyl (C=O) groups is 3. The van der Waals surface area contributed by atoms with Gasteiger partial charge in [-0.1, -0.05) is 60.6 Å². The smallest absolute Gasteiger partial charge is 0.324 e. The molecule has 3 fully saturated rings. The summed E-state index contributed by atoms with van der Waals surface area (Å²) in [5, 5.41) is 11.8. The first kappa shape index (κ1) is 51.9. The molecule has 0 radical (unpaired) electrons. The Bertz CT molecular complexity index is 1680. The Morgan fingerprint density at radius 2 is 0.855 bits per heavy atom. The molecule has 1 atom stereocenters. The summed E-state index contributed by atoms with van der Waals surface area (Å²) in [5.41, 5.74) is -2.36. The summed E-state index contributed by atoms with van der Waals surface area (Å²) in [6.07, 6.45) is 2.03. The zero-order chi connectivity index (χ0) is 47.8. The van der Waals surface area contributed by atoms with Gasteiger partial charge in [0, 0.05) is 71.8 Å². The van der Waals surface area contributed by atoms with Gasteiger partial charge in [-0.15, -0.1) is 0 Å². The molecule has 10 heteroatoms. The minimum atomic E-state index is -1.93. The van der Waals surface area contributed by atoms with Crippen LogP contribution >= 0.6 is 0 Å². The molecular formula is C52H89N3O7. The minimum Gasteiger partial charge on any atom is -0.507 e. The fourth-order valence-electron chi connectivity index (χ4n) is 11.3. The van der Waals surface area contributed by atoms with Gasteiger partial charge in [0.2, 0.25) is 0 Å². The van der Waals surface area contributed by atoms with E-state index in [1.165, 1.54) is 0 Å². The van der Waals surface area contributed by atoms with Crippen LogP contribution in [0.4, 0.5) is 0 Å². The molecule has 3 aliphatic heterocycles. The Morgan fingerprint density at radius 3 is 1.13 bits per heavy atom. The van der Waals surface area contributed by atoms with Crippen LogP contribution in [0.3, 0.4) is 0 Å². The number of hydrogen-bond donors (Lipinski definition) is 1. The number of ether oxygens (including phenoxy) is 3. The molecule has 1 aromatic rings. The highest BCUT2D eigenvalue weighted by Gasteiger charge is 2.56. The maximum Gasteiger partial charge on any atom is 0.324 e. The van der Waals surface area contributed by atoms with Gasteiger partial charge in [-0.2, -0.15) is 0 Å². The summed E-state index contributed by atoms with van der Waals surface area (Å²) in [6.45, 7) is 40.0. The van der Waals surface area contributed by atoms with E-state index in [2.05, 4.69) is 119 Å². The molecule has 62 heavy (non-hydrogen) atoms. The van der Waals surface area contributed by atoms with Gasteiger partial charge in [-0.25, -0.2) is 0 Å². The van der Waals surface area contributed by atoms with Gasteiger partial charge >= 0.3 is 17.9 Å². The van der Waals surface area contributed by atoms with Crippen molar-refractivity contribution in [2.75, 3.05) is 21.1 Å². The molecule has 0 bridgehead atoms. The number of esters is 3. The monoisotopic (exact) mass is 868 g/mol. The molecule has 0 aromatic heterocycles. The zero-order valence-electron chi connectivity index (χ0n) is 43.4. The third-order valence-electron chi connectivity index (χ3n) is 15.8. The molecule has 354 valence electrons. The van der Waals surface area contributed by atoms with Crippen molar-refractivity contribution in [3.8, 4) is 5.75 Å². The Labute approximate surface area is 377 Å². The maximum absolute atomic E-state index is 15.7. The van der Waals surface area contributed by atoms with Crippen LogP contribution in [0.5, 0.6) is 5.75 Å². The minimum absolute atomic E-state index is 0.0815. The van der Waals surface area contributed by atoms with Crippen LogP contribution in [0, 0.1) is 11.3 Å². The van der Waals surface area contributed by atoms with E-state index in [9.17, 15) is 9.90 Å². The predicted octanol–water partition coefficient (Wildman–Crippen LogP) is 10.1. The third kappa shape index (κ3) is 10.9. The van der Waals surface area contributed by atoms with Crippen molar-refractivity contribution in [1.82, 2.24) is 14.7 Å². The number of carbonyl (C=O) groups excluding carboxylic acids is 3. The summed E-state index contributed by atoms with van der Waals surface area (Å²) in [6, 6.07) is 3.85. The average molecular weight is 868 g/mol. The van der Waals surface area contributed by atoms with Crippen molar-refractivity contribution >= 4 is 17.9 Å². The van der Waals surface area contributed by atoms with Crippen LogP contribution in [-0.4, -0.2) is 110 Å². The second-order valence-corrected chi connectivity index (χ2v) is 25.8. The number of piperidine rings is 3. The van der Waals surface area contributed by atoms with Crippen molar-refractivity contribution in [3.05, 3.63) is 28.8 Å². The Hall–Kier alpha value is -2.69. The number of aromatic hydroxyl groups is 1. The second kappa shape index (κ2) is 16.9. The lowest BCUT2D eigenvalue weighted by Gasteiger charge is -2.53. The van der Waals surface area contributed by atoms with E-state index in [4.69, 9.17) is 14.2 Å². The first-order valence-electron chi connectivity index (χ1n) is 23.4. The van der Waals surface area contributed by atoms with Crippen LogP contribution in [-0.2, 0) is 45.8 Å². The number of benzene rings is 1. The number of phenols is 1. The number of phenolic OH excluding ortho intramolecular Hbond substituents is 1. The lowest BCUT2D eigenvalue weighted by atomic mass is 9.71. The van der Waals surface area contributed by atoms with Gasteiger partial charge in [0.1, 0.15) is 24.1 Å². The summed E-state index contributed by atoms with van der Waals surface area (Å²) in [7, 11) is 6.33. The van der Waals surface area contributed by atoms with Crippen LogP contribution in [0.2, 0.25) is 0 Å². The van der Waals surface area contributed by atoms with Gasteiger partial charge in [-0.3, -0.25) is 29.1 Å². The lowest BCUT2D eigenvalue weighted by molar-refractivity contribution is -0.189. The summed E-state index contributed by atoms with van der Waals surface area (Å²) >= 11 is 0. The van der Waals surface area contributed by atoms with Crippen LogP contribution in [0.1, 0.15) is 193 Å². The molecule has 1 unspecified atom stereocenters.